The van der Waals surface area contributed by atoms with E-state index in [9.17, 15) is 28.8 Å². The van der Waals surface area contributed by atoms with Gasteiger partial charge in [0.1, 0.15) is 5.57 Å². The van der Waals surface area contributed by atoms with Crippen LogP contribution in [0.25, 0.3) is 6.08 Å². The summed E-state index contributed by atoms with van der Waals surface area (Å²) in [6.07, 6.45) is 2.58. The number of carbonyl (C=O) groups excluding carboxylic acids is 6. The Morgan fingerprint density at radius 2 is 1.62 bits per heavy atom. The third-order valence-corrected chi connectivity index (χ3v) is 7.47. The molecule has 0 aromatic heterocycles. The quantitative estimate of drug-likeness (QED) is 0.338. The first-order chi connectivity index (χ1) is 16.1. The summed E-state index contributed by atoms with van der Waals surface area (Å²) in [6.45, 7) is 0.602. The number of barbiturate groups is 2. The van der Waals surface area contributed by atoms with E-state index in [-0.39, 0.29) is 17.0 Å². The Labute approximate surface area is 198 Å². The lowest BCUT2D eigenvalue weighted by Gasteiger charge is -2.51. The Kier molecular flexibility index (Phi) is 4.80. The molecule has 4 heterocycles. The van der Waals surface area contributed by atoms with E-state index in [2.05, 4.69) is 0 Å². The van der Waals surface area contributed by atoms with Gasteiger partial charge in [0, 0.05) is 32.7 Å². The molecule has 176 valence electrons. The van der Waals surface area contributed by atoms with Crippen LogP contribution in [0.4, 0.5) is 15.3 Å². The number of imide groups is 4. The molecule has 5 rings (SSSR count). The van der Waals surface area contributed by atoms with Crippen molar-refractivity contribution in [1.82, 2.24) is 20.4 Å². The summed E-state index contributed by atoms with van der Waals surface area (Å²) in [5.74, 6) is -2.88. The molecular formula is C22H20ClN5O6. The fourth-order valence-corrected chi connectivity index (χ4v) is 5.71. The van der Waals surface area contributed by atoms with Crippen molar-refractivity contribution < 1.29 is 28.8 Å². The van der Waals surface area contributed by atoms with Gasteiger partial charge in [0.15, 0.2) is 5.41 Å². The van der Waals surface area contributed by atoms with Gasteiger partial charge in [-0.05, 0) is 36.1 Å². The van der Waals surface area contributed by atoms with Crippen LogP contribution in [0.5, 0.6) is 0 Å². The summed E-state index contributed by atoms with van der Waals surface area (Å²) in [7, 11) is 2.71. The second kappa shape index (κ2) is 7.39. The first-order valence-corrected chi connectivity index (χ1v) is 11.0. The molecule has 0 aliphatic carbocycles. The number of halogens is 1. The normalized spacial score (nSPS) is 23.8. The smallest absolute Gasteiger partial charge is 0.332 e. The second-order valence-electron chi connectivity index (χ2n) is 8.77. The first kappa shape index (κ1) is 22.1. The summed E-state index contributed by atoms with van der Waals surface area (Å²) in [4.78, 5) is 78.9. The van der Waals surface area contributed by atoms with Crippen LogP contribution in [0.2, 0.25) is 5.02 Å². The minimum Gasteiger partial charge on any atom is -0.367 e. The van der Waals surface area contributed by atoms with Crippen molar-refractivity contribution in [2.24, 2.45) is 5.41 Å². The number of urea groups is 2. The number of nitrogens with one attached hydrogen (secondary N) is 2. The average molecular weight is 486 g/mol. The molecule has 0 bridgehead atoms. The van der Waals surface area contributed by atoms with E-state index in [1.165, 1.54) is 20.2 Å². The van der Waals surface area contributed by atoms with Gasteiger partial charge in [0.05, 0.1) is 11.1 Å². The Morgan fingerprint density at radius 1 is 1.00 bits per heavy atom. The van der Waals surface area contributed by atoms with Gasteiger partial charge in [-0.2, -0.15) is 0 Å². The molecule has 1 spiro atoms. The van der Waals surface area contributed by atoms with E-state index in [4.69, 9.17) is 11.6 Å². The Hall–Kier alpha value is -3.73. The number of carbonyl (C=O) groups is 6. The summed E-state index contributed by atoms with van der Waals surface area (Å²) in [5, 5.41) is 4.18. The van der Waals surface area contributed by atoms with Crippen LogP contribution in [0, 0.1) is 5.41 Å². The molecule has 34 heavy (non-hydrogen) atoms. The van der Waals surface area contributed by atoms with Crippen LogP contribution in [-0.4, -0.2) is 72.2 Å². The minimum atomic E-state index is -1.53. The highest BCUT2D eigenvalue weighted by atomic mass is 35.5. The predicted octanol–water partition coefficient (Wildman–Crippen LogP) is 0.651. The van der Waals surface area contributed by atoms with Crippen LogP contribution in [0.1, 0.15) is 24.0 Å². The van der Waals surface area contributed by atoms with E-state index >= 15 is 0 Å². The van der Waals surface area contributed by atoms with Gasteiger partial charge < -0.3 is 4.90 Å². The van der Waals surface area contributed by atoms with Gasteiger partial charge in [0.25, 0.3) is 11.8 Å². The van der Waals surface area contributed by atoms with Gasteiger partial charge in [-0.1, -0.05) is 17.7 Å². The van der Waals surface area contributed by atoms with Crippen molar-refractivity contribution in [2.75, 3.05) is 25.5 Å². The standard InChI is InChI=1S/C22H20ClN5O6/c1-26-18(31)22(19(32)27(2)21(26)34)9-12-13(28-7-3-4-14(22)28)6-5-10(15(12)23)8-11-16(29)24-20(33)25-17(11)30/h5-6,8,14H,3-4,7,9H2,1-2H3,(H2,24,25,29,30,33). The molecule has 1 aromatic carbocycles. The molecular weight excluding hydrogens is 466 g/mol. The van der Waals surface area contributed by atoms with Crippen LogP contribution < -0.4 is 15.5 Å². The Balaban J connectivity index is 1.65. The fraction of sp³-hybridized carbons (Fsp3) is 0.364. The third-order valence-electron chi connectivity index (χ3n) is 7.02. The number of fused-ring (bicyclic) bond motifs is 4. The molecule has 0 saturated carbocycles. The van der Waals surface area contributed by atoms with Gasteiger partial charge in [-0.3, -0.25) is 39.6 Å². The molecule has 3 fully saturated rings. The van der Waals surface area contributed by atoms with Crippen molar-refractivity contribution in [3.05, 3.63) is 33.9 Å². The highest BCUT2D eigenvalue weighted by Crippen LogP contribution is 2.51. The van der Waals surface area contributed by atoms with Crippen molar-refractivity contribution in [3.63, 3.8) is 0 Å². The van der Waals surface area contributed by atoms with Gasteiger partial charge in [-0.15, -0.1) is 0 Å². The lowest BCUT2D eigenvalue weighted by Crippen LogP contribution is -2.70. The minimum absolute atomic E-state index is 0.0319. The summed E-state index contributed by atoms with van der Waals surface area (Å²) >= 11 is 6.74. The highest BCUT2D eigenvalue weighted by Gasteiger charge is 2.64. The van der Waals surface area contributed by atoms with Crippen molar-refractivity contribution in [3.8, 4) is 0 Å². The monoisotopic (exact) mass is 485 g/mol. The molecule has 1 unspecified atom stereocenters. The van der Waals surface area contributed by atoms with Crippen molar-refractivity contribution in [2.45, 2.75) is 25.3 Å². The highest BCUT2D eigenvalue weighted by molar-refractivity contribution is 6.35. The third kappa shape index (κ3) is 2.82. The zero-order chi connectivity index (χ0) is 24.5. The summed E-state index contributed by atoms with van der Waals surface area (Å²) in [5.41, 5.74) is -0.240. The zero-order valence-electron chi connectivity index (χ0n) is 18.3. The van der Waals surface area contributed by atoms with Gasteiger partial charge in [-0.25, -0.2) is 9.59 Å². The van der Waals surface area contributed by atoms with Gasteiger partial charge in [0.2, 0.25) is 11.8 Å². The molecule has 11 nitrogen and oxygen atoms in total. The van der Waals surface area contributed by atoms with Crippen LogP contribution in [0.15, 0.2) is 17.7 Å². The van der Waals surface area contributed by atoms with E-state index in [0.717, 1.165) is 21.9 Å². The van der Waals surface area contributed by atoms with Crippen molar-refractivity contribution in [1.29, 1.82) is 0 Å². The number of nitrogens with zero attached hydrogens (tertiary/aromatic N) is 3. The van der Waals surface area contributed by atoms with Crippen LogP contribution in [-0.2, 0) is 25.6 Å². The zero-order valence-corrected chi connectivity index (χ0v) is 19.1. The van der Waals surface area contributed by atoms with E-state index in [0.29, 0.717) is 24.1 Å². The first-order valence-electron chi connectivity index (χ1n) is 10.6. The molecule has 4 aliphatic heterocycles. The Morgan fingerprint density at radius 3 is 2.24 bits per heavy atom. The number of rotatable bonds is 1. The lowest BCUT2D eigenvalue weighted by molar-refractivity contribution is -0.159. The average Bonchev–Trinajstić information content (AvgIpc) is 3.29. The van der Waals surface area contributed by atoms with Crippen LogP contribution in [0.3, 0.4) is 0 Å². The van der Waals surface area contributed by atoms with Crippen LogP contribution >= 0.6 is 11.6 Å². The maximum atomic E-state index is 13.5. The summed E-state index contributed by atoms with van der Waals surface area (Å²) in [6, 6.07) is 1.38. The SMILES string of the molecule is CN1C(=O)N(C)C(=O)C2(Cc3c(ccc(C=C4C(=O)NC(=O)NC4=O)c3Cl)N3CCCC32)C1=O. The molecule has 2 N–H and O–H groups in total. The number of hydrogen-bond donors (Lipinski definition) is 2. The number of benzene rings is 1. The second-order valence-corrected chi connectivity index (χ2v) is 9.15. The molecule has 0 radical (unpaired) electrons. The van der Waals surface area contributed by atoms with Crippen molar-refractivity contribution >= 4 is 59.1 Å². The van der Waals surface area contributed by atoms with Gasteiger partial charge >= 0.3 is 12.1 Å². The maximum Gasteiger partial charge on any atom is 0.332 e. The van der Waals surface area contributed by atoms with E-state index in [1.54, 1.807) is 12.1 Å². The molecule has 1 atom stereocenters. The fourth-order valence-electron chi connectivity index (χ4n) is 5.43. The number of anilines is 1. The topological polar surface area (TPSA) is 136 Å². The Bertz CT molecular complexity index is 1210. The predicted molar refractivity (Wildman–Crippen MR) is 119 cm³/mol. The molecule has 12 heteroatoms. The largest absolute Gasteiger partial charge is 0.367 e. The molecule has 3 saturated heterocycles. The molecule has 1 aromatic rings. The number of amides is 8. The maximum absolute atomic E-state index is 13.5. The lowest BCUT2D eigenvalue weighted by atomic mass is 9.68. The molecule has 8 amide bonds. The van der Waals surface area contributed by atoms with E-state index in [1.807, 2.05) is 15.5 Å². The number of hydrogen-bond acceptors (Lipinski definition) is 7. The molecule has 4 aliphatic rings. The van der Waals surface area contributed by atoms with E-state index < -0.39 is 47.1 Å². The summed E-state index contributed by atoms with van der Waals surface area (Å²) < 4.78 is 0.